The molecule has 3 rings (SSSR count). The van der Waals surface area contributed by atoms with E-state index in [1.807, 2.05) is 30.5 Å². The SMILES string of the molecule is CC(=O)OCCc1nc(C(C)C)c(Sc2cc(F)cc(F)c2)n1Cc1cccnc1. The number of nitrogens with zero attached hydrogens (tertiary/aromatic N) is 3. The average Bonchev–Trinajstić information content (AvgIpc) is 2.99. The summed E-state index contributed by atoms with van der Waals surface area (Å²) in [5.41, 5.74) is 1.79. The number of carbonyl (C=O) groups excluding carboxylic acids is 1. The molecule has 5 nitrogen and oxygen atoms in total. The fourth-order valence-electron chi connectivity index (χ4n) is 3.00. The van der Waals surface area contributed by atoms with Gasteiger partial charge in [0.2, 0.25) is 0 Å². The minimum atomic E-state index is -0.628. The second kappa shape index (κ2) is 9.84. The number of aromatic nitrogens is 3. The van der Waals surface area contributed by atoms with Crippen molar-refractivity contribution in [2.45, 2.75) is 49.6 Å². The van der Waals surface area contributed by atoms with E-state index in [1.165, 1.54) is 30.8 Å². The summed E-state index contributed by atoms with van der Waals surface area (Å²) < 4.78 is 34.6. The third-order valence-electron chi connectivity index (χ3n) is 4.32. The van der Waals surface area contributed by atoms with Gasteiger partial charge in [0.1, 0.15) is 22.5 Å². The van der Waals surface area contributed by atoms with Crippen LogP contribution in [0, 0.1) is 11.6 Å². The summed E-state index contributed by atoms with van der Waals surface area (Å²) in [5, 5.41) is 0.802. The van der Waals surface area contributed by atoms with Crippen LogP contribution in [-0.4, -0.2) is 27.1 Å². The molecular formula is C22H23F2N3O2S. The van der Waals surface area contributed by atoms with E-state index in [9.17, 15) is 13.6 Å². The number of hydrogen-bond acceptors (Lipinski definition) is 5. The van der Waals surface area contributed by atoms with Gasteiger partial charge in [0.25, 0.3) is 0 Å². The summed E-state index contributed by atoms with van der Waals surface area (Å²) in [6, 6.07) is 7.26. The minimum absolute atomic E-state index is 0.0912. The highest BCUT2D eigenvalue weighted by atomic mass is 32.2. The second-order valence-electron chi connectivity index (χ2n) is 7.12. The highest BCUT2D eigenvalue weighted by molar-refractivity contribution is 7.99. The van der Waals surface area contributed by atoms with Crippen LogP contribution in [0.2, 0.25) is 0 Å². The van der Waals surface area contributed by atoms with Gasteiger partial charge in [0.05, 0.1) is 18.8 Å². The molecule has 0 amide bonds. The smallest absolute Gasteiger partial charge is 0.302 e. The molecular weight excluding hydrogens is 408 g/mol. The molecule has 0 bridgehead atoms. The molecule has 0 unspecified atom stereocenters. The van der Waals surface area contributed by atoms with E-state index in [4.69, 9.17) is 9.72 Å². The van der Waals surface area contributed by atoms with E-state index >= 15 is 0 Å². The van der Waals surface area contributed by atoms with Gasteiger partial charge in [-0.2, -0.15) is 0 Å². The molecule has 0 fully saturated rings. The maximum Gasteiger partial charge on any atom is 0.302 e. The van der Waals surface area contributed by atoms with E-state index in [-0.39, 0.29) is 18.5 Å². The molecule has 8 heteroatoms. The Morgan fingerprint density at radius 2 is 1.97 bits per heavy atom. The molecule has 2 heterocycles. The van der Waals surface area contributed by atoms with Gasteiger partial charge < -0.3 is 9.30 Å². The van der Waals surface area contributed by atoms with Gasteiger partial charge in [0.15, 0.2) is 0 Å². The minimum Gasteiger partial charge on any atom is -0.465 e. The second-order valence-corrected chi connectivity index (χ2v) is 8.18. The van der Waals surface area contributed by atoms with Crippen molar-refractivity contribution in [3.63, 3.8) is 0 Å². The number of esters is 1. The highest BCUT2D eigenvalue weighted by Gasteiger charge is 2.21. The number of benzene rings is 1. The molecule has 0 spiro atoms. The Labute approximate surface area is 178 Å². The van der Waals surface area contributed by atoms with Crippen LogP contribution >= 0.6 is 11.8 Å². The van der Waals surface area contributed by atoms with Crippen LogP contribution < -0.4 is 0 Å². The highest BCUT2D eigenvalue weighted by Crippen LogP contribution is 2.36. The lowest BCUT2D eigenvalue weighted by molar-refractivity contribution is -0.140. The van der Waals surface area contributed by atoms with Crippen molar-refractivity contribution in [2.24, 2.45) is 0 Å². The lowest BCUT2D eigenvalue weighted by Crippen LogP contribution is -2.11. The number of rotatable bonds is 8. The summed E-state index contributed by atoms with van der Waals surface area (Å²) >= 11 is 1.27. The first-order valence-electron chi connectivity index (χ1n) is 9.59. The van der Waals surface area contributed by atoms with E-state index in [2.05, 4.69) is 4.98 Å². The normalized spacial score (nSPS) is 11.1. The molecule has 30 heavy (non-hydrogen) atoms. The zero-order valence-corrected chi connectivity index (χ0v) is 17.9. The van der Waals surface area contributed by atoms with Crippen LogP contribution in [0.15, 0.2) is 52.6 Å². The molecule has 0 aliphatic heterocycles. The van der Waals surface area contributed by atoms with Crippen LogP contribution in [-0.2, 0) is 22.5 Å². The number of pyridine rings is 1. The molecule has 0 aliphatic carbocycles. The summed E-state index contributed by atoms with van der Waals surface area (Å²) in [6.45, 7) is 6.09. The molecule has 0 atom stereocenters. The third-order valence-corrected chi connectivity index (χ3v) is 5.41. The molecule has 0 aliphatic rings. The number of carbonyl (C=O) groups is 1. The van der Waals surface area contributed by atoms with Crippen molar-refractivity contribution in [3.8, 4) is 0 Å². The standard InChI is InChI=1S/C22H23F2N3O2S/c1-14(2)21-22(30-19-10-17(23)9-18(24)11-19)27(13-16-5-4-7-25-12-16)20(26-21)6-8-29-15(3)28/h4-5,7,9-12,14H,6,8,13H2,1-3H3. The molecule has 1 aromatic carbocycles. The molecule has 158 valence electrons. The Morgan fingerprint density at radius 1 is 1.23 bits per heavy atom. The van der Waals surface area contributed by atoms with E-state index in [0.717, 1.165) is 28.2 Å². The van der Waals surface area contributed by atoms with E-state index in [1.54, 1.807) is 12.4 Å². The Morgan fingerprint density at radius 3 is 2.57 bits per heavy atom. The number of hydrogen-bond donors (Lipinski definition) is 0. The third kappa shape index (κ3) is 5.66. The van der Waals surface area contributed by atoms with Gasteiger partial charge in [-0.15, -0.1) is 0 Å². The Kier molecular flexibility index (Phi) is 7.20. The fourth-order valence-corrected chi connectivity index (χ4v) is 4.23. The lowest BCUT2D eigenvalue weighted by atomic mass is 10.1. The lowest BCUT2D eigenvalue weighted by Gasteiger charge is -2.14. The fraction of sp³-hybridized carbons (Fsp3) is 0.318. The molecule has 0 radical (unpaired) electrons. The van der Waals surface area contributed by atoms with Crippen LogP contribution in [0.25, 0.3) is 0 Å². The summed E-state index contributed by atoms with van der Waals surface area (Å²) in [6.07, 6.45) is 3.89. The van der Waals surface area contributed by atoms with Crippen molar-refractivity contribution in [3.05, 3.63) is 71.4 Å². The maximum absolute atomic E-state index is 13.8. The quantitative estimate of drug-likeness (QED) is 0.471. The molecule has 3 aromatic rings. The molecule has 0 N–H and O–H groups in total. The Bertz CT molecular complexity index is 1000. The predicted octanol–water partition coefficient (Wildman–Crippen LogP) is 4.98. The van der Waals surface area contributed by atoms with Crippen LogP contribution in [0.3, 0.4) is 0 Å². The van der Waals surface area contributed by atoms with Gasteiger partial charge in [0, 0.05) is 36.7 Å². The van der Waals surface area contributed by atoms with E-state index in [0.29, 0.717) is 17.9 Å². The largest absolute Gasteiger partial charge is 0.465 e. The Balaban J connectivity index is 2.03. The zero-order valence-electron chi connectivity index (χ0n) is 17.1. The van der Waals surface area contributed by atoms with Crippen LogP contribution in [0.5, 0.6) is 0 Å². The first kappa shape index (κ1) is 22.0. The number of imidazole rings is 1. The van der Waals surface area contributed by atoms with Crippen LogP contribution in [0.4, 0.5) is 8.78 Å². The summed E-state index contributed by atoms with van der Waals surface area (Å²) in [7, 11) is 0. The van der Waals surface area contributed by atoms with Crippen LogP contribution in [0.1, 0.15) is 43.8 Å². The van der Waals surface area contributed by atoms with Gasteiger partial charge in [-0.05, 0) is 29.7 Å². The van der Waals surface area contributed by atoms with Gasteiger partial charge >= 0.3 is 5.97 Å². The van der Waals surface area contributed by atoms with Gasteiger partial charge in [-0.1, -0.05) is 31.7 Å². The van der Waals surface area contributed by atoms with Crippen molar-refractivity contribution in [1.82, 2.24) is 14.5 Å². The first-order valence-corrected chi connectivity index (χ1v) is 10.4. The number of halogens is 2. The first-order chi connectivity index (χ1) is 14.3. The summed E-state index contributed by atoms with van der Waals surface area (Å²) in [5.74, 6) is -0.778. The van der Waals surface area contributed by atoms with Crippen molar-refractivity contribution < 1.29 is 18.3 Å². The van der Waals surface area contributed by atoms with Crippen molar-refractivity contribution >= 4 is 17.7 Å². The molecule has 0 saturated heterocycles. The zero-order chi connectivity index (χ0) is 21.7. The van der Waals surface area contributed by atoms with Gasteiger partial charge in [-0.3, -0.25) is 9.78 Å². The predicted molar refractivity (Wildman–Crippen MR) is 110 cm³/mol. The van der Waals surface area contributed by atoms with Crippen molar-refractivity contribution in [1.29, 1.82) is 0 Å². The molecule has 2 aromatic heterocycles. The van der Waals surface area contributed by atoms with E-state index < -0.39 is 11.6 Å². The molecule has 0 saturated carbocycles. The Hall–Kier alpha value is -2.74. The number of ether oxygens (including phenoxy) is 1. The average molecular weight is 432 g/mol. The topological polar surface area (TPSA) is 57.0 Å². The van der Waals surface area contributed by atoms with Crippen molar-refractivity contribution in [2.75, 3.05) is 6.61 Å². The maximum atomic E-state index is 13.8. The van der Waals surface area contributed by atoms with Gasteiger partial charge in [-0.25, -0.2) is 13.8 Å². The summed E-state index contributed by atoms with van der Waals surface area (Å²) in [4.78, 5) is 20.6. The monoisotopic (exact) mass is 431 g/mol.